The lowest BCUT2D eigenvalue weighted by atomic mass is 10.1. The van der Waals surface area contributed by atoms with Gasteiger partial charge in [0.2, 0.25) is 0 Å². The first kappa shape index (κ1) is 26.7. The lowest BCUT2D eigenvalue weighted by molar-refractivity contribution is -0.0971. The second-order valence-electron chi connectivity index (χ2n) is 9.80. The van der Waals surface area contributed by atoms with Crippen molar-refractivity contribution in [2.75, 3.05) is 68.5 Å². The Kier molecular flexibility index (Phi) is 7.32. The topological polar surface area (TPSA) is 81.1 Å². The van der Waals surface area contributed by atoms with Gasteiger partial charge in [-0.3, -0.25) is 9.68 Å². The van der Waals surface area contributed by atoms with E-state index >= 15 is 0 Å². The van der Waals surface area contributed by atoms with Gasteiger partial charge < -0.3 is 29.1 Å². The van der Waals surface area contributed by atoms with Gasteiger partial charge in [-0.05, 0) is 31.9 Å². The first-order valence-corrected chi connectivity index (χ1v) is 13.0. The van der Waals surface area contributed by atoms with E-state index in [1.807, 2.05) is 24.8 Å². The highest BCUT2D eigenvalue weighted by Crippen LogP contribution is 2.37. The van der Waals surface area contributed by atoms with Gasteiger partial charge in [-0.15, -0.1) is 0 Å². The van der Waals surface area contributed by atoms with E-state index in [1.165, 1.54) is 11.1 Å². The van der Waals surface area contributed by atoms with Crippen LogP contribution < -0.4 is 0 Å². The number of methoxy groups -OCH3 is 2. The normalized spacial score (nSPS) is 21.6. The molecule has 0 saturated carbocycles. The highest BCUT2D eigenvalue weighted by molar-refractivity contribution is 5.82. The molecular weight excluding hydrogens is 500 g/mol. The number of likely N-dealkylation sites (N-methyl/N-ethyl adjacent to an activating group) is 2. The number of allylic oxidation sites excluding steroid dienone is 2. The molecule has 0 aromatic rings. The summed E-state index contributed by atoms with van der Waals surface area (Å²) in [5.41, 5.74) is 6.27. The zero-order valence-corrected chi connectivity index (χ0v) is 24.1. The molecule has 0 spiro atoms. The van der Waals surface area contributed by atoms with Crippen molar-refractivity contribution in [1.82, 2.24) is 29.7 Å². The maximum absolute atomic E-state index is 5.56. The van der Waals surface area contributed by atoms with E-state index in [1.54, 1.807) is 38.6 Å². The Morgan fingerprint density at radius 2 is 1.23 bits per heavy atom. The number of hydrogen-bond donors (Lipinski definition) is 0. The van der Waals surface area contributed by atoms with Gasteiger partial charge in [-0.1, -0.05) is 0 Å². The Labute approximate surface area is 230 Å². The monoisotopic (exact) mass is 538 g/mol. The lowest BCUT2D eigenvalue weighted by Crippen LogP contribution is -2.42. The van der Waals surface area contributed by atoms with Crippen LogP contribution >= 0.6 is 0 Å². The molecule has 0 amide bonds. The first-order valence-electron chi connectivity index (χ1n) is 13.0. The standard InChI is InChI=1S/C14H20N4O2.C13H18N4O2/c1-5-16-7-10(2)13(19-3)12-14(16)18-9-17(20-4)8-11(18)6-15-12;1-9-6-15(2)13-11(12(9)18-3)14-5-10-7-16(19-4)8-17(10)13/h6,8H,5,7,9H2,1-4H3;5,7H,6,8H2,1-4H3. The van der Waals surface area contributed by atoms with Crippen LogP contribution in [0.25, 0.3) is 0 Å². The van der Waals surface area contributed by atoms with Gasteiger partial charge in [0.05, 0.1) is 64.7 Å². The van der Waals surface area contributed by atoms with Crippen LogP contribution in [-0.4, -0.2) is 111 Å². The summed E-state index contributed by atoms with van der Waals surface area (Å²) in [5, 5.41) is 3.57. The molecule has 0 saturated heterocycles. The molecule has 0 fully saturated rings. The van der Waals surface area contributed by atoms with Crippen molar-refractivity contribution in [1.29, 1.82) is 0 Å². The van der Waals surface area contributed by atoms with E-state index in [0.29, 0.717) is 13.3 Å². The SMILES string of the molecule is CCN1CC(C)=C(OC)C2=C1N1CN(OC)C=C1C=N2.COC1=C(C)CN(C)C2=C1N=CC1=CN(OC)CN12. The number of nitrogens with zero attached hydrogens (tertiary/aromatic N) is 8. The van der Waals surface area contributed by atoms with Gasteiger partial charge in [0, 0.05) is 26.7 Å². The Hall–Kier alpha value is -3.90. The molecule has 0 radical (unpaired) electrons. The predicted octanol–water partition coefficient (Wildman–Crippen LogP) is 2.56. The molecular formula is C27H38N8O4. The van der Waals surface area contributed by atoms with Gasteiger partial charge in [-0.2, -0.15) is 0 Å². The summed E-state index contributed by atoms with van der Waals surface area (Å²) >= 11 is 0. The fraction of sp³-hybridized carbons (Fsp3) is 0.481. The third kappa shape index (κ3) is 4.53. The van der Waals surface area contributed by atoms with Crippen molar-refractivity contribution in [3.8, 4) is 0 Å². The molecule has 0 aliphatic carbocycles. The maximum atomic E-state index is 5.56. The summed E-state index contributed by atoms with van der Waals surface area (Å²) in [4.78, 5) is 28.6. The summed E-state index contributed by atoms with van der Waals surface area (Å²) in [6.45, 7) is 10.3. The Bertz CT molecular complexity index is 1270. The Morgan fingerprint density at radius 1 is 0.744 bits per heavy atom. The number of fused-ring (bicyclic) bond motifs is 4. The fourth-order valence-electron chi connectivity index (χ4n) is 5.57. The van der Waals surface area contributed by atoms with Crippen molar-refractivity contribution < 1.29 is 19.1 Å². The number of rotatable bonds is 5. The molecule has 12 nitrogen and oxygen atoms in total. The van der Waals surface area contributed by atoms with Gasteiger partial charge in [0.15, 0.2) is 0 Å². The van der Waals surface area contributed by atoms with Gasteiger partial charge in [0.1, 0.15) is 47.9 Å². The van der Waals surface area contributed by atoms with Crippen molar-refractivity contribution in [3.05, 3.63) is 69.5 Å². The molecule has 0 atom stereocenters. The Morgan fingerprint density at radius 3 is 1.72 bits per heavy atom. The molecule has 0 aromatic heterocycles. The minimum Gasteiger partial charge on any atom is -0.494 e. The molecule has 12 heteroatoms. The number of aliphatic imine (C=N–C) groups is 2. The number of hydroxylamine groups is 4. The lowest BCUT2D eigenvalue weighted by Gasteiger charge is -2.39. The first-order chi connectivity index (χ1) is 18.8. The molecule has 6 heterocycles. The number of ether oxygens (including phenoxy) is 2. The molecule has 6 aliphatic heterocycles. The quantitative estimate of drug-likeness (QED) is 0.521. The zero-order chi connectivity index (χ0) is 27.8. The van der Waals surface area contributed by atoms with E-state index in [9.17, 15) is 0 Å². The molecule has 0 N–H and O–H groups in total. The summed E-state index contributed by atoms with van der Waals surface area (Å²) in [7, 11) is 8.81. The van der Waals surface area contributed by atoms with E-state index in [0.717, 1.165) is 65.6 Å². The second-order valence-corrected chi connectivity index (χ2v) is 9.80. The molecule has 0 unspecified atom stereocenters. The van der Waals surface area contributed by atoms with E-state index in [-0.39, 0.29) is 0 Å². The minimum atomic E-state index is 0.664. The minimum absolute atomic E-state index is 0.664. The summed E-state index contributed by atoms with van der Waals surface area (Å²) in [5.74, 6) is 3.93. The van der Waals surface area contributed by atoms with Crippen LogP contribution in [0.15, 0.2) is 79.5 Å². The van der Waals surface area contributed by atoms with E-state index in [2.05, 4.69) is 57.4 Å². The van der Waals surface area contributed by atoms with Crippen molar-refractivity contribution in [2.24, 2.45) is 9.98 Å². The molecule has 6 aliphatic rings. The van der Waals surface area contributed by atoms with Gasteiger partial charge >= 0.3 is 0 Å². The van der Waals surface area contributed by atoms with Gasteiger partial charge in [-0.25, -0.2) is 20.1 Å². The summed E-state index contributed by atoms with van der Waals surface area (Å²) < 4.78 is 11.1. The second kappa shape index (κ2) is 10.7. The van der Waals surface area contributed by atoms with Gasteiger partial charge in [0.25, 0.3) is 0 Å². The van der Waals surface area contributed by atoms with E-state index in [4.69, 9.17) is 19.1 Å². The predicted molar refractivity (Wildman–Crippen MR) is 148 cm³/mol. The van der Waals surface area contributed by atoms with E-state index < -0.39 is 0 Å². The van der Waals surface area contributed by atoms with Crippen LogP contribution in [0.4, 0.5) is 0 Å². The third-order valence-corrected chi connectivity index (χ3v) is 7.35. The molecule has 0 bridgehead atoms. The Balaban J connectivity index is 0.000000158. The van der Waals surface area contributed by atoms with Crippen LogP contribution in [0.2, 0.25) is 0 Å². The van der Waals surface area contributed by atoms with Crippen molar-refractivity contribution in [3.63, 3.8) is 0 Å². The smallest absolute Gasteiger partial charge is 0.148 e. The molecule has 210 valence electrons. The van der Waals surface area contributed by atoms with Crippen LogP contribution in [0, 0.1) is 0 Å². The number of hydrogen-bond acceptors (Lipinski definition) is 12. The largest absolute Gasteiger partial charge is 0.494 e. The molecule has 0 aromatic carbocycles. The summed E-state index contributed by atoms with van der Waals surface area (Å²) in [6, 6.07) is 0. The van der Waals surface area contributed by atoms with Crippen LogP contribution in [0.3, 0.4) is 0 Å². The average Bonchev–Trinajstić information content (AvgIpc) is 3.56. The average molecular weight is 539 g/mol. The van der Waals surface area contributed by atoms with Crippen LogP contribution in [-0.2, 0) is 19.1 Å². The van der Waals surface area contributed by atoms with Crippen molar-refractivity contribution in [2.45, 2.75) is 20.8 Å². The highest BCUT2D eigenvalue weighted by atomic mass is 16.7. The third-order valence-electron chi connectivity index (χ3n) is 7.35. The molecule has 6 rings (SSSR count). The fourth-order valence-corrected chi connectivity index (χ4v) is 5.57. The zero-order valence-electron chi connectivity index (χ0n) is 24.1. The highest BCUT2D eigenvalue weighted by Gasteiger charge is 2.37. The van der Waals surface area contributed by atoms with Crippen molar-refractivity contribution >= 4 is 12.4 Å². The van der Waals surface area contributed by atoms with Crippen LogP contribution in [0.5, 0.6) is 0 Å². The summed E-state index contributed by atoms with van der Waals surface area (Å²) in [6.07, 6.45) is 7.62. The van der Waals surface area contributed by atoms with Crippen LogP contribution in [0.1, 0.15) is 20.8 Å². The maximum Gasteiger partial charge on any atom is 0.148 e. The molecule has 39 heavy (non-hydrogen) atoms.